The van der Waals surface area contributed by atoms with Gasteiger partial charge in [-0.15, -0.1) is 0 Å². The number of hydrogen-bond acceptors (Lipinski definition) is 3. The van der Waals surface area contributed by atoms with E-state index in [0.29, 0.717) is 6.54 Å². The van der Waals surface area contributed by atoms with Crippen molar-refractivity contribution in [1.29, 1.82) is 0 Å². The highest BCUT2D eigenvalue weighted by molar-refractivity contribution is 9.10. The monoisotopic (exact) mass is 240 g/mol. The molecule has 0 aromatic carbocycles. The summed E-state index contributed by atoms with van der Waals surface area (Å²) in [5.41, 5.74) is 7.29. The molecule has 2 rings (SSSR count). The highest BCUT2D eigenvalue weighted by atomic mass is 79.9. The Labute approximate surface area is 83.7 Å². The zero-order valence-electron chi connectivity index (χ0n) is 6.92. The molecule has 0 saturated carbocycles. The molecule has 2 heterocycles. The van der Waals surface area contributed by atoms with Gasteiger partial charge in [0.15, 0.2) is 0 Å². The molecular weight excluding hydrogens is 232 g/mol. The number of halogens is 1. The van der Waals surface area contributed by atoms with Crippen molar-refractivity contribution in [3.05, 3.63) is 22.7 Å². The molecule has 0 aliphatic carbocycles. The molecular formula is C8H9BrN4. The predicted octanol–water partition coefficient (Wildman–Crippen LogP) is 1.22. The molecule has 13 heavy (non-hydrogen) atoms. The Balaban J connectivity index is 2.55. The average molecular weight is 241 g/mol. The lowest BCUT2D eigenvalue weighted by atomic mass is 10.4. The summed E-state index contributed by atoms with van der Waals surface area (Å²) >= 11 is 3.39. The van der Waals surface area contributed by atoms with Gasteiger partial charge in [0.2, 0.25) is 0 Å². The normalized spacial score (nSPS) is 10.9. The molecule has 4 nitrogen and oxygen atoms in total. The molecule has 0 radical (unpaired) electrons. The van der Waals surface area contributed by atoms with Gasteiger partial charge in [0, 0.05) is 12.6 Å². The molecule has 0 aliphatic heterocycles. The third-order valence-corrected chi connectivity index (χ3v) is 2.36. The lowest BCUT2D eigenvalue weighted by Crippen LogP contribution is -2.03. The Bertz CT molecular complexity index is 423. The van der Waals surface area contributed by atoms with E-state index in [1.807, 2.05) is 0 Å². The van der Waals surface area contributed by atoms with E-state index >= 15 is 0 Å². The van der Waals surface area contributed by atoms with Crippen LogP contribution in [0.2, 0.25) is 0 Å². The molecule has 0 aliphatic rings. The van der Waals surface area contributed by atoms with Gasteiger partial charge in [0.05, 0.1) is 16.2 Å². The van der Waals surface area contributed by atoms with Gasteiger partial charge in [0.1, 0.15) is 11.3 Å². The van der Waals surface area contributed by atoms with E-state index in [4.69, 9.17) is 5.73 Å². The topological polar surface area (TPSA) is 67.6 Å². The van der Waals surface area contributed by atoms with Crippen LogP contribution in [0.15, 0.2) is 16.9 Å². The van der Waals surface area contributed by atoms with E-state index in [-0.39, 0.29) is 0 Å². The number of fused-ring (bicyclic) bond motifs is 1. The van der Waals surface area contributed by atoms with Gasteiger partial charge in [-0.05, 0) is 22.5 Å². The van der Waals surface area contributed by atoms with Crippen LogP contribution < -0.4 is 5.73 Å². The number of nitrogens with zero attached hydrogens (tertiary/aromatic N) is 2. The molecule has 0 amide bonds. The third-order valence-electron chi connectivity index (χ3n) is 1.78. The quantitative estimate of drug-likeness (QED) is 0.830. The minimum absolute atomic E-state index is 0.602. The fraction of sp³-hybridized carbons (Fsp3) is 0.250. The minimum atomic E-state index is 0.602. The van der Waals surface area contributed by atoms with Crippen LogP contribution in [-0.4, -0.2) is 21.5 Å². The van der Waals surface area contributed by atoms with Crippen molar-refractivity contribution in [3.63, 3.8) is 0 Å². The summed E-state index contributed by atoms with van der Waals surface area (Å²) in [6.45, 7) is 0.602. The molecule has 2 aromatic rings. The second kappa shape index (κ2) is 3.43. The van der Waals surface area contributed by atoms with E-state index in [1.165, 1.54) is 0 Å². The Morgan fingerprint density at radius 1 is 1.46 bits per heavy atom. The van der Waals surface area contributed by atoms with E-state index in [1.54, 1.807) is 12.4 Å². The lowest BCUT2D eigenvalue weighted by molar-refractivity contribution is 0.900. The molecule has 0 fully saturated rings. The maximum atomic E-state index is 5.43. The summed E-state index contributed by atoms with van der Waals surface area (Å²) in [6, 6.07) is 0. The number of imidazole rings is 1. The number of nitrogens with one attached hydrogen (secondary N) is 1. The van der Waals surface area contributed by atoms with Crippen molar-refractivity contribution in [2.75, 3.05) is 6.54 Å². The highest BCUT2D eigenvalue weighted by Gasteiger charge is 2.04. The molecule has 0 unspecified atom stereocenters. The first-order valence-electron chi connectivity index (χ1n) is 3.99. The molecule has 0 atom stereocenters. The van der Waals surface area contributed by atoms with Crippen molar-refractivity contribution in [1.82, 2.24) is 15.0 Å². The summed E-state index contributed by atoms with van der Waals surface area (Å²) in [5, 5.41) is 0. The van der Waals surface area contributed by atoms with Crippen molar-refractivity contribution in [2.45, 2.75) is 6.42 Å². The first-order chi connectivity index (χ1) is 6.31. The second-order valence-corrected chi connectivity index (χ2v) is 3.59. The van der Waals surface area contributed by atoms with Gasteiger partial charge in [0.25, 0.3) is 0 Å². The predicted molar refractivity (Wildman–Crippen MR) is 54.3 cm³/mol. The number of rotatable bonds is 2. The van der Waals surface area contributed by atoms with Gasteiger partial charge in [-0.3, -0.25) is 4.98 Å². The number of hydrogen-bond donors (Lipinski definition) is 2. The first-order valence-corrected chi connectivity index (χ1v) is 4.78. The Kier molecular flexibility index (Phi) is 2.28. The molecule has 68 valence electrons. The van der Waals surface area contributed by atoms with Crippen LogP contribution >= 0.6 is 15.9 Å². The summed E-state index contributed by atoms with van der Waals surface area (Å²) in [5.74, 6) is 0.909. The van der Waals surface area contributed by atoms with Crippen molar-refractivity contribution in [3.8, 4) is 0 Å². The zero-order valence-corrected chi connectivity index (χ0v) is 8.50. The van der Waals surface area contributed by atoms with Gasteiger partial charge in [-0.1, -0.05) is 0 Å². The van der Waals surface area contributed by atoms with Gasteiger partial charge in [-0.25, -0.2) is 4.98 Å². The number of aromatic nitrogens is 3. The Hall–Kier alpha value is -0.940. The average Bonchev–Trinajstić information content (AvgIpc) is 2.49. The molecule has 5 heteroatoms. The Morgan fingerprint density at radius 3 is 3.00 bits per heavy atom. The minimum Gasteiger partial charge on any atom is -0.341 e. The van der Waals surface area contributed by atoms with Crippen molar-refractivity contribution < 1.29 is 0 Å². The maximum absolute atomic E-state index is 5.43. The highest BCUT2D eigenvalue weighted by Crippen LogP contribution is 2.19. The van der Waals surface area contributed by atoms with Gasteiger partial charge < -0.3 is 10.7 Å². The maximum Gasteiger partial charge on any atom is 0.108 e. The van der Waals surface area contributed by atoms with E-state index in [2.05, 4.69) is 30.9 Å². The number of pyridine rings is 1. The van der Waals surface area contributed by atoms with Crippen LogP contribution in [0.1, 0.15) is 5.82 Å². The SMILES string of the molecule is NCCc1nc2c(Br)cncc2[nH]1. The Morgan fingerprint density at radius 2 is 2.31 bits per heavy atom. The summed E-state index contributed by atoms with van der Waals surface area (Å²) in [6.07, 6.45) is 4.25. The molecule has 3 N–H and O–H groups in total. The van der Waals surface area contributed by atoms with Crippen LogP contribution in [0.4, 0.5) is 0 Å². The van der Waals surface area contributed by atoms with Crippen LogP contribution in [0.3, 0.4) is 0 Å². The van der Waals surface area contributed by atoms with E-state index < -0.39 is 0 Å². The molecule has 0 spiro atoms. The molecule has 2 aromatic heterocycles. The smallest absolute Gasteiger partial charge is 0.108 e. The number of H-pyrrole nitrogens is 1. The van der Waals surface area contributed by atoms with E-state index in [0.717, 1.165) is 27.8 Å². The second-order valence-electron chi connectivity index (χ2n) is 2.74. The summed E-state index contributed by atoms with van der Waals surface area (Å²) in [4.78, 5) is 11.6. The lowest BCUT2D eigenvalue weighted by Gasteiger charge is -1.87. The molecule has 0 bridgehead atoms. The third kappa shape index (κ3) is 1.57. The van der Waals surface area contributed by atoms with Crippen LogP contribution in [0.25, 0.3) is 11.0 Å². The summed E-state index contributed by atoms with van der Waals surface area (Å²) in [7, 11) is 0. The number of nitrogens with two attached hydrogens (primary N) is 1. The standard InChI is InChI=1S/C8H9BrN4/c9-5-3-11-4-6-8(5)13-7(12-6)1-2-10/h3-4H,1-2,10H2,(H,12,13). The van der Waals surface area contributed by atoms with Crippen LogP contribution in [0, 0.1) is 0 Å². The van der Waals surface area contributed by atoms with Gasteiger partial charge >= 0.3 is 0 Å². The number of aromatic amines is 1. The van der Waals surface area contributed by atoms with E-state index in [9.17, 15) is 0 Å². The largest absolute Gasteiger partial charge is 0.341 e. The zero-order chi connectivity index (χ0) is 9.26. The fourth-order valence-electron chi connectivity index (χ4n) is 1.21. The van der Waals surface area contributed by atoms with Gasteiger partial charge in [-0.2, -0.15) is 0 Å². The van der Waals surface area contributed by atoms with Crippen LogP contribution in [-0.2, 0) is 6.42 Å². The van der Waals surface area contributed by atoms with Crippen molar-refractivity contribution in [2.24, 2.45) is 5.73 Å². The van der Waals surface area contributed by atoms with Crippen molar-refractivity contribution >= 4 is 27.0 Å². The molecule has 0 saturated heterocycles. The fourth-order valence-corrected chi connectivity index (χ4v) is 1.63. The summed E-state index contributed by atoms with van der Waals surface area (Å²) < 4.78 is 0.907. The first kappa shape index (κ1) is 8.65. The van der Waals surface area contributed by atoms with Crippen LogP contribution in [0.5, 0.6) is 0 Å².